The van der Waals surface area contributed by atoms with Gasteiger partial charge in [-0.2, -0.15) is 0 Å². The fraction of sp³-hybridized carbons (Fsp3) is 0.348. The molecule has 1 heterocycles. The first kappa shape index (κ1) is 22.3. The zero-order chi connectivity index (χ0) is 22.1. The molecular weight excluding hydrogens is 396 g/mol. The second kappa shape index (κ2) is 11.1. The number of nitrogens with two attached hydrogens (primary N) is 1. The van der Waals surface area contributed by atoms with Crippen LogP contribution in [0.3, 0.4) is 0 Å². The number of amides is 3. The molecule has 1 aliphatic rings. The normalized spacial score (nSPS) is 16.3. The Labute approximate surface area is 181 Å². The van der Waals surface area contributed by atoms with Crippen LogP contribution in [0.5, 0.6) is 0 Å². The third kappa shape index (κ3) is 7.42. The van der Waals surface area contributed by atoms with E-state index in [1.54, 1.807) is 0 Å². The average molecular weight is 425 g/mol. The summed E-state index contributed by atoms with van der Waals surface area (Å²) in [5.74, 6) is -0.663. The first-order valence-electron chi connectivity index (χ1n) is 10.3. The van der Waals surface area contributed by atoms with E-state index < -0.39 is 6.09 Å². The van der Waals surface area contributed by atoms with Crippen molar-refractivity contribution in [1.29, 1.82) is 0 Å². The second-order valence-electron chi connectivity index (χ2n) is 7.64. The van der Waals surface area contributed by atoms with Crippen LogP contribution in [0.25, 0.3) is 0 Å². The molecule has 1 aliphatic heterocycles. The van der Waals surface area contributed by atoms with Gasteiger partial charge in [0, 0.05) is 18.8 Å². The van der Waals surface area contributed by atoms with Gasteiger partial charge in [0.05, 0.1) is 5.92 Å². The van der Waals surface area contributed by atoms with Gasteiger partial charge in [-0.3, -0.25) is 14.5 Å². The van der Waals surface area contributed by atoms with Crippen LogP contribution in [-0.4, -0.2) is 42.4 Å². The molecule has 1 fully saturated rings. The number of hydrogen-bond acceptors (Lipinski definition) is 5. The van der Waals surface area contributed by atoms with Crippen molar-refractivity contribution in [3.8, 4) is 0 Å². The Morgan fingerprint density at radius 3 is 2.48 bits per heavy atom. The minimum atomic E-state index is -0.648. The van der Waals surface area contributed by atoms with E-state index in [0.29, 0.717) is 12.2 Å². The van der Waals surface area contributed by atoms with Gasteiger partial charge in [-0.15, -0.1) is 0 Å². The van der Waals surface area contributed by atoms with E-state index in [0.717, 1.165) is 37.1 Å². The second-order valence-corrected chi connectivity index (χ2v) is 7.64. The van der Waals surface area contributed by atoms with Crippen molar-refractivity contribution < 1.29 is 19.1 Å². The van der Waals surface area contributed by atoms with Gasteiger partial charge < -0.3 is 21.1 Å². The van der Waals surface area contributed by atoms with Gasteiger partial charge in [-0.1, -0.05) is 42.5 Å². The number of carbonyl (C=O) groups excluding carboxylic acids is 3. The van der Waals surface area contributed by atoms with E-state index >= 15 is 0 Å². The number of nitrogens with zero attached hydrogens (tertiary/aromatic N) is 1. The highest BCUT2D eigenvalue weighted by molar-refractivity contribution is 5.93. The number of nitrogens with one attached hydrogen (secondary N) is 2. The molecule has 3 rings (SSSR count). The number of piperidine rings is 1. The van der Waals surface area contributed by atoms with Crippen LogP contribution in [0.1, 0.15) is 24.0 Å². The molecule has 4 N–H and O–H groups in total. The first-order valence-corrected chi connectivity index (χ1v) is 10.3. The van der Waals surface area contributed by atoms with Crippen molar-refractivity contribution in [2.45, 2.75) is 26.0 Å². The summed E-state index contributed by atoms with van der Waals surface area (Å²) in [6.07, 6.45) is 1.16. The van der Waals surface area contributed by atoms with Gasteiger partial charge in [0.25, 0.3) is 0 Å². The molecule has 164 valence electrons. The minimum Gasteiger partial charge on any atom is -0.445 e. The number of rotatable bonds is 8. The number of carbonyl (C=O) groups is 3. The molecule has 2 aromatic carbocycles. The molecular formula is C23H28N4O4. The third-order valence-corrected chi connectivity index (χ3v) is 5.16. The number of hydrogen-bond donors (Lipinski definition) is 3. The van der Waals surface area contributed by atoms with Crippen molar-refractivity contribution in [3.63, 3.8) is 0 Å². The summed E-state index contributed by atoms with van der Waals surface area (Å²) in [7, 11) is 0. The summed E-state index contributed by atoms with van der Waals surface area (Å²) in [5.41, 5.74) is 8.04. The van der Waals surface area contributed by atoms with Crippen LogP contribution >= 0.6 is 0 Å². The van der Waals surface area contributed by atoms with Gasteiger partial charge in [-0.05, 0) is 42.6 Å². The molecule has 1 unspecified atom stereocenters. The molecule has 1 saturated heterocycles. The quantitative estimate of drug-likeness (QED) is 0.601. The van der Waals surface area contributed by atoms with Gasteiger partial charge >= 0.3 is 6.09 Å². The van der Waals surface area contributed by atoms with Crippen molar-refractivity contribution in [3.05, 3.63) is 65.7 Å². The molecule has 0 aromatic heterocycles. The number of ether oxygens (including phenoxy) is 1. The maximum Gasteiger partial charge on any atom is 0.407 e. The third-order valence-electron chi connectivity index (χ3n) is 5.16. The molecule has 2 aromatic rings. The van der Waals surface area contributed by atoms with Gasteiger partial charge in [-0.25, -0.2) is 4.79 Å². The zero-order valence-corrected chi connectivity index (χ0v) is 17.4. The van der Waals surface area contributed by atoms with Crippen molar-refractivity contribution in [2.75, 3.05) is 25.0 Å². The molecule has 8 nitrogen and oxygen atoms in total. The smallest absolute Gasteiger partial charge is 0.407 e. The highest BCUT2D eigenvalue weighted by atomic mass is 16.5. The van der Waals surface area contributed by atoms with Crippen LogP contribution in [0, 0.1) is 5.92 Å². The molecule has 0 aliphatic carbocycles. The maximum atomic E-state index is 12.1. The topological polar surface area (TPSA) is 114 Å². The van der Waals surface area contributed by atoms with E-state index in [-0.39, 0.29) is 30.9 Å². The van der Waals surface area contributed by atoms with Crippen molar-refractivity contribution in [2.24, 2.45) is 11.7 Å². The summed E-state index contributed by atoms with van der Waals surface area (Å²) >= 11 is 0. The lowest BCUT2D eigenvalue weighted by Gasteiger charge is -2.31. The molecule has 0 saturated carbocycles. The lowest BCUT2D eigenvalue weighted by Crippen LogP contribution is -2.40. The number of likely N-dealkylation sites (tertiary alicyclic amines) is 1. The van der Waals surface area contributed by atoms with E-state index in [1.807, 2.05) is 54.6 Å². The summed E-state index contributed by atoms with van der Waals surface area (Å²) in [5, 5.41) is 5.17. The number of primary amides is 1. The Balaban J connectivity index is 1.38. The van der Waals surface area contributed by atoms with E-state index in [4.69, 9.17) is 10.5 Å². The fourth-order valence-corrected chi connectivity index (χ4v) is 3.51. The molecule has 31 heavy (non-hydrogen) atoms. The van der Waals surface area contributed by atoms with Crippen LogP contribution in [0.4, 0.5) is 10.5 Å². The Morgan fingerprint density at radius 2 is 1.77 bits per heavy atom. The van der Waals surface area contributed by atoms with E-state index in [9.17, 15) is 14.4 Å². The predicted molar refractivity (Wildman–Crippen MR) is 117 cm³/mol. The average Bonchev–Trinajstić information content (AvgIpc) is 2.78. The van der Waals surface area contributed by atoms with Crippen LogP contribution < -0.4 is 16.4 Å². The Bertz CT molecular complexity index is 886. The largest absolute Gasteiger partial charge is 0.445 e. The van der Waals surface area contributed by atoms with Crippen molar-refractivity contribution in [1.82, 2.24) is 10.2 Å². The van der Waals surface area contributed by atoms with Gasteiger partial charge in [0.1, 0.15) is 13.2 Å². The highest BCUT2D eigenvalue weighted by Gasteiger charge is 2.23. The maximum absolute atomic E-state index is 12.1. The Hall–Kier alpha value is -3.39. The number of anilines is 1. The summed E-state index contributed by atoms with van der Waals surface area (Å²) in [6.45, 7) is 2.31. The van der Waals surface area contributed by atoms with Crippen LogP contribution in [0.15, 0.2) is 54.6 Å². The standard InChI is InChI=1S/C23H28N4O4/c24-22(29)19-7-4-12-27(15-19)14-17-8-10-20(11-9-17)26-21(28)13-25-23(30)31-16-18-5-2-1-3-6-18/h1-3,5-6,8-11,19H,4,7,12-16H2,(H2,24,29)(H,25,30)(H,26,28). The van der Waals surface area contributed by atoms with E-state index in [2.05, 4.69) is 15.5 Å². The Morgan fingerprint density at radius 1 is 1.03 bits per heavy atom. The molecule has 0 bridgehead atoms. The van der Waals surface area contributed by atoms with Crippen LogP contribution in [0.2, 0.25) is 0 Å². The van der Waals surface area contributed by atoms with Crippen LogP contribution in [-0.2, 0) is 27.5 Å². The number of benzene rings is 2. The SMILES string of the molecule is NC(=O)C1CCCN(Cc2ccc(NC(=O)CNC(=O)OCc3ccccc3)cc2)C1. The molecule has 1 atom stereocenters. The lowest BCUT2D eigenvalue weighted by molar-refractivity contribution is -0.123. The van der Waals surface area contributed by atoms with Gasteiger partial charge in [0.15, 0.2) is 0 Å². The number of alkyl carbamates (subject to hydrolysis) is 1. The summed E-state index contributed by atoms with van der Waals surface area (Å²) < 4.78 is 5.08. The van der Waals surface area contributed by atoms with Crippen molar-refractivity contribution >= 4 is 23.6 Å². The molecule has 0 radical (unpaired) electrons. The molecule has 3 amide bonds. The summed E-state index contributed by atoms with van der Waals surface area (Å²) in [4.78, 5) is 37.4. The first-order chi connectivity index (χ1) is 15.0. The monoisotopic (exact) mass is 424 g/mol. The lowest BCUT2D eigenvalue weighted by atomic mass is 9.97. The highest BCUT2D eigenvalue weighted by Crippen LogP contribution is 2.19. The minimum absolute atomic E-state index is 0.0841. The Kier molecular flexibility index (Phi) is 8.00. The van der Waals surface area contributed by atoms with E-state index in [1.165, 1.54) is 0 Å². The summed E-state index contributed by atoms with van der Waals surface area (Å²) in [6, 6.07) is 16.8. The molecule has 8 heteroatoms. The predicted octanol–water partition coefficient (Wildman–Crippen LogP) is 2.25. The fourth-order valence-electron chi connectivity index (χ4n) is 3.51. The zero-order valence-electron chi connectivity index (χ0n) is 17.4. The van der Waals surface area contributed by atoms with Gasteiger partial charge in [0.2, 0.25) is 11.8 Å². The molecule has 0 spiro atoms.